The Morgan fingerprint density at radius 1 is 1.26 bits per heavy atom. The van der Waals surface area contributed by atoms with Crippen LogP contribution in [0.4, 0.5) is 5.69 Å². The van der Waals surface area contributed by atoms with E-state index < -0.39 is 12.1 Å². The summed E-state index contributed by atoms with van der Waals surface area (Å²) in [6.45, 7) is 7.71. The van der Waals surface area contributed by atoms with Crippen molar-refractivity contribution in [2.24, 2.45) is 7.05 Å². The predicted molar refractivity (Wildman–Crippen MR) is 103 cm³/mol. The van der Waals surface area contributed by atoms with Gasteiger partial charge in [-0.25, -0.2) is 0 Å². The molecule has 1 heterocycles. The fourth-order valence-corrected chi connectivity index (χ4v) is 2.73. The second kappa shape index (κ2) is 9.21. The highest BCUT2D eigenvalue weighted by atomic mass is 16.5. The molecule has 1 aromatic heterocycles. The number of aryl methyl sites for hydroxylation is 3. The number of hydrogen-bond donors (Lipinski definition) is 1. The van der Waals surface area contributed by atoms with Crippen LogP contribution in [-0.4, -0.2) is 34.4 Å². The summed E-state index contributed by atoms with van der Waals surface area (Å²) in [6, 6.07) is 7.58. The van der Waals surface area contributed by atoms with Gasteiger partial charge in [0.05, 0.1) is 23.7 Å². The number of esters is 1. The van der Waals surface area contributed by atoms with Gasteiger partial charge in [0.25, 0.3) is 5.91 Å². The largest absolute Gasteiger partial charge is 0.494 e. The van der Waals surface area contributed by atoms with Gasteiger partial charge in [-0.3, -0.25) is 14.3 Å². The van der Waals surface area contributed by atoms with Crippen molar-refractivity contribution in [3.63, 3.8) is 0 Å². The summed E-state index contributed by atoms with van der Waals surface area (Å²) in [5.41, 5.74) is 3.15. The minimum Gasteiger partial charge on any atom is -0.494 e. The summed E-state index contributed by atoms with van der Waals surface area (Å²) >= 11 is 0. The monoisotopic (exact) mass is 373 g/mol. The molecule has 0 aliphatic rings. The molecule has 0 radical (unpaired) electrons. The molecular formula is C20H27N3O4. The van der Waals surface area contributed by atoms with E-state index in [9.17, 15) is 9.59 Å². The van der Waals surface area contributed by atoms with Gasteiger partial charge in [-0.05, 0) is 45.7 Å². The van der Waals surface area contributed by atoms with Gasteiger partial charge < -0.3 is 14.8 Å². The van der Waals surface area contributed by atoms with Gasteiger partial charge in [0.2, 0.25) is 0 Å². The van der Waals surface area contributed by atoms with Gasteiger partial charge in [-0.1, -0.05) is 18.2 Å². The fraction of sp³-hybridized carbons (Fsp3) is 0.450. The minimum absolute atomic E-state index is 0.173. The van der Waals surface area contributed by atoms with Crippen LogP contribution in [0.3, 0.4) is 0 Å². The zero-order chi connectivity index (χ0) is 20.0. The van der Waals surface area contributed by atoms with E-state index in [0.717, 1.165) is 22.7 Å². The summed E-state index contributed by atoms with van der Waals surface area (Å²) in [5.74, 6) is -0.0398. The highest BCUT2D eigenvalue weighted by molar-refractivity contribution is 5.96. The van der Waals surface area contributed by atoms with Gasteiger partial charge in [-0.15, -0.1) is 0 Å². The van der Waals surface area contributed by atoms with Crippen molar-refractivity contribution in [2.75, 3.05) is 11.9 Å². The van der Waals surface area contributed by atoms with Crippen molar-refractivity contribution in [3.05, 3.63) is 41.2 Å². The maximum absolute atomic E-state index is 12.3. The number of hydrogen-bond acceptors (Lipinski definition) is 5. The Morgan fingerprint density at radius 3 is 2.59 bits per heavy atom. The van der Waals surface area contributed by atoms with Crippen molar-refractivity contribution < 1.29 is 19.1 Å². The van der Waals surface area contributed by atoms with Crippen LogP contribution in [0.1, 0.15) is 37.2 Å². The standard InChI is InChI=1S/C20H27N3O4/c1-6-26-17-10-8-7-9-16(17)11-12-18(24)27-15(4)20(25)21-19-13(2)22-23(5)14(19)3/h7-10,15H,6,11-12H2,1-5H3,(H,21,25)/t15-/m0/s1. The molecule has 1 atom stereocenters. The van der Waals surface area contributed by atoms with Crippen LogP contribution in [0, 0.1) is 13.8 Å². The maximum atomic E-state index is 12.3. The first-order valence-electron chi connectivity index (χ1n) is 9.04. The van der Waals surface area contributed by atoms with Crippen LogP contribution in [0.5, 0.6) is 5.75 Å². The van der Waals surface area contributed by atoms with E-state index in [2.05, 4.69) is 10.4 Å². The predicted octanol–water partition coefficient (Wildman–Crippen LogP) is 2.94. The van der Waals surface area contributed by atoms with E-state index in [1.165, 1.54) is 0 Å². The summed E-state index contributed by atoms with van der Waals surface area (Å²) < 4.78 is 12.5. The molecule has 0 bridgehead atoms. The van der Waals surface area contributed by atoms with E-state index in [0.29, 0.717) is 18.7 Å². The smallest absolute Gasteiger partial charge is 0.306 e. The third-order valence-corrected chi connectivity index (χ3v) is 4.31. The molecule has 2 rings (SSSR count). The van der Waals surface area contributed by atoms with Crippen LogP contribution < -0.4 is 10.1 Å². The summed E-state index contributed by atoms with van der Waals surface area (Å²) in [6.07, 6.45) is -0.227. The number of amides is 1. The molecule has 0 spiro atoms. The summed E-state index contributed by atoms with van der Waals surface area (Å²) in [7, 11) is 1.81. The molecule has 0 saturated heterocycles. The number of aromatic nitrogens is 2. The first-order chi connectivity index (χ1) is 12.8. The van der Waals surface area contributed by atoms with E-state index in [4.69, 9.17) is 9.47 Å². The molecule has 1 N–H and O–H groups in total. The molecule has 1 aromatic carbocycles. The zero-order valence-corrected chi connectivity index (χ0v) is 16.5. The van der Waals surface area contributed by atoms with E-state index in [1.54, 1.807) is 11.6 Å². The molecule has 0 unspecified atom stereocenters. The highest BCUT2D eigenvalue weighted by Crippen LogP contribution is 2.20. The van der Waals surface area contributed by atoms with Gasteiger partial charge in [0.15, 0.2) is 6.10 Å². The van der Waals surface area contributed by atoms with Crippen molar-refractivity contribution in [1.82, 2.24) is 9.78 Å². The van der Waals surface area contributed by atoms with Crippen LogP contribution >= 0.6 is 0 Å². The molecule has 146 valence electrons. The molecule has 27 heavy (non-hydrogen) atoms. The van der Waals surface area contributed by atoms with Crippen LogP contribution in [0.25, 0.3) is 0 Å². The molecule has 7 heteroatoms. The van der Waals surface area contributed by atoms with Crippen LogP contribution in [0.2, 0.25) is 0 Å². The molecule has 0 aliphatic heterocycles. The van der Waals surface area contributed by atoms with Crippen LogP contribution in [0.15, 0.2) is 24.3 Å². The Labute approximate surface area is 159 Å². The SMILES string of the molecule is CCOc1ccccc1CCC(=O)O[C@@H](C)C(=O)Nc1c(C)nn(C)c1C. The number of anilines is 1. The number of carbonyl (C=O) groups excluding carboxylic acids is 2. The Balaban J connectivity index is 1.89. The van der Waals surface area contributed by atoms with Gasteiger partial charge in [-0.2, -0.15) is 5.10 Å². The first kappa shape index (κ1) is 20.5. The Morgan fingerprint density at radius 2 is 1.96 bits per heavy atom. The zero-order valence-electron chi connectivity index (χ0n) is 16.5. The number of para-hydroxylation sites is 1. The van der Waals surface area contributed by atoms with Crippen molar-refractivity contribution in [3.8, 4) is 5.75 Å². The van der Waals surface area contributed by atoms with E-state index >= 15 is 0 Å². The minimum atomic E-state index is -0.890. The number of benzene rings is 1. The van der Waals surface area contributed by atoms with Gasteiger partial charge in [0.1, 0.15) is 5.75 Å². The first-order valence-corrected chi connectivity index (χ1v) is 9.04. The lowest BCUT2D eigenvalue weighted by Crippen LogP contribution is -2.30. The Kier molecular flexibility index (Phi) is 6.98. The number of nitrogens with zero attached hydrogens (tertiary/aromatic N) is 2. The van der Waals surface area contributed by atoms with Gasteiger partial charge >= 0.3 is 5.97 Å². The lowest BCUT2D eigenvalue weighted by atomic mass is 10.1. The molecule has 0 saturated carbocycles. The third kappa shape index (κ3) is 5.32. The highest BCUT2D eigenvalue weighted by Gasteiger charge is 2.21. The number of ether oxygens (including phenoxy) is 2. The Hall–Kier alpha value is -2.83. The van der Waals surface area contributed by atoms with Crippen molar-refractivity contribution in [2.45, 2.75) is 46.6 Å². The topological polar surface area (TPSA) is 82.4 Å². The molecule has 0 aliphatic carbocycles. The van der Waals surface area contributed by atoms with Crippen molar-refractivity contribution in [1.29, 1.82) is 0 Å². The number of nitrogens with one attached hydrogen (secondary N) is 1. The second-order valence-corrected chi connectivity index (χ2v) is 6.33. The summed E-state index contributed by atoms with van der Waals surface area (Å²) in [4.78, 5) is 24.5. The molecule has 2 aromatic rings. The fourth-order valence-electron chi connectivity index (χ4n) is 2.73. The van der Waals surface area contributed by atoms with Crippen LogP contribution in [-0.2, 0) is 27.8 Å². The average Bonchev–Trinajstić information content (AvgIpc) is 2.87. The molecular weight excluding hydrogens is 346 g/mol. The summed E-state index contributed by atoms with van der Waals surface area (Å²) in [5, 5.41) is 7.04. The molecule has 7 nitrogen and oxygen atoms in total. The third-order valence-electron chi connectivity index (χ3n) is 4.31. The number of carbonyl (C=O) groups is 2. The lowest BCUT2D eigenvalue weighted by molar-refractivity contribution is -0.153. The van der Waals surface area contributed by atoms with E-state index in [-0.39, 0.29) is 12.3 Å². The van der Waals surface area contributed by atoms with Gasteiger partial charge in [0, 0.05) is 13.5 Å². The molecule has 1 amide bonds. The van der Waals surface area contributed by atoms with E-state index in [1.807, 2.05) is 52.1 Å². The number of rotatable bonds is 8. The second-order valence-electron chi connectivity index (χ2n) is 6.33. The lowest BCUT2D eigenvalue weighted by Gasteiger charge is -2.14. The Bertz CT molecular complexity index is 814. The maximum Gasteiger partial charge on any atom is 0.306 e. The quantitative estimate of drug-likeness (QED) is 0.720. The van der Waals surface area contributed by atoms with Crippen molar-refractivity contribution >= 4 is 17.6 Å². The molecule has 0 fully saturated rings. The normalized spacial score (nSPS) is 11.7. The average molecular weight is 373 g/mol.